The first-order chi connectivity index (χ1) is 9.22. The van der Waals surface area contributed by atoms with Crippen LogP contribution in [0.4, 0.5) is 0 Å². The van der Waals surface area contributed by atoms with Crippen molar-refractivity contribution in [3.8, 4) is 5.75 Å². The second-order valence-corrected chi connectivity index (χ2v) is 5.82. The molecule has 0 amide bonds. The summed E-state index contributed by atoms with van der Waals surface area (Å²) in [5.41, 5.74) is 2.55. The highest BCUT2D eigenvalue weighted by molar-refractivity contribution is 7.80. The number of thiol groups is 1. The molecule has 108 valence electrons. The SMILES string of the molecule is Cc1cc(C)cc(OCCCCCCCCCS)c1. The van der Waals surface area contributed by atoms with Gasteiger partial charge in [-0.2, -0.15) is 12.6 Å². The van der Waals surface area contributed by atoms with Crippen LogP contribution in [-0.2, 0) is 0 Å². The molecule has 0 saturated heterocycles. The van der Waals surface area contributed by atoms with Gasteiger partial charge in [0.2, 0.25) is 0 Å². The van der Waals surface area contributed by atoms with E-state index in [0.717, 1.165) is 18.1 Å². The maximum absolute atomic E-state index is 5.80. The van der Waals surface area contributed by atoms with E-state index in [1.54, 1.807) is 0 Å². The lowest BCUT2D eigenvalue weighted by atomic mass is 10.1. The minimum Gasteiger partial charge on any atom is -0.494 e. The number of hydrogen-bond donors (Lipinski definition) is 1. The summed E-state index contributed by atoms with van der Waals surface area (Å²) in [5.74, 6) is 2.05. The molecule has 0 fully saturated rings. The van der Waals surface area contributed by atoms with Crippen LogP contribution in [0.3, 0.4) is 0 Å². The van der Waals surface area contributed by atoms with E-state index in [-0.39, 0.29) is 0 Å². The standard InChI is InChI=1S/C17H28OS/c1-15-12-16(2)14-17(13-15)18-10-8-6-4-3-5-7-9-11-19/h12-14,19H,3-11H2,1-2H3. The van der Waals surface area contributed by atoms with Gasteiger partial charge in [-0.3, -0.25) is 0 Å². The second kappa shape index (κ2) is 10.2. The second-order valence-electron chi connectivity index (χ2n) is 5.37. The lowest BCUT2D eigenvalue weighted by molar-refractivity contribution is 0.304. The van der Waals surface area contributed by atoms with E-state index in [9.17, 15) is 0 Å². The molecule has 0 aliphatic carbocycles. The Morgan fingerprint density at radius 2 is 1.32 bits per heavy atom. The van der Waals surface area contributed by atoms with Crippen molar-refractivity contribution in [1.82, 2.24) is 0 Å². The monoisotopic (exact) mass is 280 g/mol. The van der Waals surface area contributed by atoms with Gasteiger partial charge in [-0.15, -0.1) is 0 Å². The number of unbranched alkanes of at least 4 members (excludes halogenated alkanes) is 6. The molecule has 0 N–H and O–H groups in total. The van der Waals surface area contributed by atoms with Gasteiger partial charge in [-0.05, 0) is 55.7 Å². The molecule has 0 unspecified atom stereocenters. The number of aryl methyl sites for hydroxylation is 2. The predicted octanol–water partition coefficient (Wildman–Crippen LogP) is 5.34. The zero-order valence-corrected chi connectivity index (χ0v) is 13.3. The van der Waals surface area contributed by atoms with Crippen LogP contribution in [-0.4, -0.2) is 12.4 Å². The van der Waals surface area contributed by atoms with Crippen molar-refractivity contribution in [2.24, 2.45) is 0 Å². The molecular formula is C17H28OS. The van der Waals surface area contributed by atoms with Gasteiger partial charge in [0.1, 0.15) is 5.75 Å². The summed E-state index contributed by atoms with van der Waals surface area (Å²) in [5, 5.41) is 0. The van der Waals surface area contributed by atoms with Crippen molar-refractivity contribution in [3.05, 3.63) is 29.3 Å². The Morgan fingerprint density at radius 1 is 0.789 bits per heavy atom. The highest BCUT2D eigenvalue weighted by atomic mass is 32.1. The van der Waals surface area contributed by atoms with Crippen LogP contribution in [0, 0.1) is 13.8 Å². The van der Waals surface area contributed by atoms with Gasteiger partial charge >= 0.3 is 0 Å². The van der Waals surface area contributed by atoms with Gasteiger partial charge in [0.15, 0.2) is 0 Å². The number of ether oxygens (including phenoxy) is 1. The average Bonchev–Trinajstić information content (AvgIpc) is 2.36. The molecule has 1 rings (SSSR count). The molecule has 0 aliphatic heterocycles. The van der Waals surface area contributed by atoms with Crippen molar-refractivity contribution >= 4 is 12.6 Å². The fourth-order valence-corrected chi connectivity index (χ4v) is 2.53. The first kappa shape index (κ1) is 16.4. The predicted molar refractivity (Wildman–Crippen MR) is 87.6 cm³/mol. The van der Waals surface area contributed by atoms with E-state index >= 15 is 0 Å². The van der Waals surface area contributed by atoms with Crippen LogP contribution >= 0.6 is 12.6 Å². The van der Waals surface area contributed by atoms with Crippen molar-refractivity contribution in [3.63, 3.8) is 0 Å². The molecule has 0 radical (unpaired) electrons. The molecule has 0 heterocycles. The largest absolute Gasteiger partial charge is 0.494 e. The fraction of sp³-hybridized carbons (Fsp3) is 0.647. The Hall–Kier alpha value is -0.630. The molecule has 0 atom stereocenters. The van der Waals surface area contributed by atoms with E-state index in [4.69, 9.17) is 4.74 Å². The van der Waals surface area contributed by atoms with Gasteiger partial charge < -0.3 is 4.74 Å². The Balaban J connectivity index is 2.01. The van der Waals surface area contributed by atoms with E-state index in [2.05, 4.69) is 44.7 Å². The Labute approximate surface area is 124 Å². The van der Waals surface area contributed by atoms with Crippen LogP contribution < -0.4 is 4.74 Å². The first-order valence-electron chi connectivity index (χ1n) is 7.54. The molecule has 1 aromatic carbocycles. The van der Waals surface area contributed by atoms with Crippen LogP contribution in [0.5, 0.6) is 5.75 Å². The summed E-state index contributed by atoms with van der Waals surface area (Å²) in [4.78, 5) is 0. The summed E-state index contributed by atoms with van der Waals surface area (Å²) in [6, 6.07) is 6.41. The first-order valence-corrected chi connectivity index (χ1v) is 8.17. The van der Waals surface area contributed by atoms with Gasteiger partial charge in [0, 0.05) is 0 Å². The summed E-state index contributed by atoms with van der Waals surface area (Å²) < 4.78 is 5.80. The summed E-state index contributed by atoms with van der Waals surface area (Å²) in [6.07, 6.45) is 9.10. The van der Waals surface area contributed by atoms with Crippen molar-refractivity contribution in [2.75, 3.05) is 12.4 Å². The van der Waals surface area contributed by atoms with Crippen LogP contribution in [0.25, 0.3) is 0 Å². The third kappa shape index (κ3) is 8.20. The van der Waals surface area contributed by atoms with E-state index in [0.29, 0.717) is 0 Å². The summed E-state index contributed by atoms with van der Waals surface area (Å²) in [7, 11) is 0. The lowest BCUT2D eigenvalue weighted by Gasteiger charge is -2.08. The van der Waals surface area contributed by atoms with E-state index in [1.807, 2.05) is 0 Å². The molecule has 19 heavy (non-hydrogen) atoms. The van der Waals surface area contributed by atoms with Gasteiger partial charge in [-0.1, -0.05) is 38.2 Å². The Kier molecular flexibility index (Phi) is 8.81. The maximum Gasteiger partial charge on any atom is 0.119 e. The van der Waals surface area contributed by atoms with E-state index in [1.165, 1.54) is 56.1 Å². The maximum atomic E-state index is 5.80. The number of benzene rings is 1. The minimum atomic E-state index is 0.847. The van der Waals surface area contributed by atoms with Crippen molar-refractivity contribution in [2.45, 2.75) is 58.8 Å². The lowest BCUT2D eigenvalue weighted by Crippen LogP contribution is -1.98. The topological polar surface area (TPSA) is 9.23 Å². The molecule has 1 nitrogen and oxygen atoms in total. The summed E-state index contributed by atoms with van der Waals surface area (Å²) in [6.45, 7) is 5.08. The Morgan fingerprint density at radius 3 is 1.89 bits per heavy atom. The zero-order valence-electron chi connectivity index (χ0n) is 12.5. The number of rotatable bonds is 10. The molecule has 0 saturated carbocycles. The average molecular weight is 280 g/mol. The zero-order chi connectivity index (χ0) is 13.9. The van der Waals surface area contributed by atoms with Crippen molar-refractivity contribution in [1.29, 1.82) is 0 Å². The van der Waals surface area contributed by atoms with E-state index < -0.39 is 0 Å². The van der Waals surface area contributed by atoms with Gasteiger partial charge in [0.25, 0.3) is 0 Å². The van der Waals surface area contributed by atoms with Gasteiger partial charge in [0.05, 0.1) is 6.61 Å². The number of hydrogen-bond acceptors (Lipinski definition) is 2. The summed E-state index contributed by atoms with van der Waals surface area (Å²) >= 11 is 4.22. The molecule has 0 aliphatic rings. The minimum absolute atomic E-state index is 0.847. The Bertz CT molecular complexity index is 329. The third-order valence-electron chi connectivity index (χ3n) is 3.27. The molecule has 2 heteroatoms. The molecule has 1 aromatic rings. The van der Waals surface area contributed by atoms with Crippen LogP contribution in [0.15, 0.2) is 18.2 Å². The smallest absolute Gasteiger partial charge is 0.119 e. The van der Waals surface area contributed by atoms with Crippen LogP contribution in [0.2, 0.25) is 0 Å². The fourth-order valence-electron chi connectivity index (χ4n) is 2.30. The molecule has 0 spiro atoms. The molecular weight excluding hydrogens is 252 g/mol. The normalized spacial score (nSPS) is 10.7. The molecule has 0 bridgehead atoms. The van der Waals surface area contributed by atoms with Gasteiger partial charge in [-0.25, -0.2) is 0 Å². The highest BCUT2D eigenvalue weighted by Gasteiger charge is 1.97. The highest BCUT2D eigenvalue weighted by Crippen LogP contribution is 2.16. The third-order valence-corrected chi connectivity index (χ3v) is 3.58. The molecule has 0 aromatic heterocycles. The van der Waals surface area contributed by atoms with Crippen molar-refractivity contribution < 1.29 is 4.74 Å². The van der Waals surface area contributed by atoms with Crippen LogP contribution in [0.1, 0.15) is 56.1 Å². The quantitative estimate of drug-likeness (QED) is 0.449.